The first-order chi connectivity index (χ1) is 10.1. The molecule has 2 aromatic heterocycles. The minimum absolute atomic E-state index is 0.309. The van der Waals surface area contributed by atoms with Crippen molar-refractivity contribution in [3.8, 4) is 0 Å². The van der Waals surface area contributed by atoms with Crippen LogP contribution in [0.4, 0.5) is 5.82 Å². The molecule has 3 aromatic rings. The van der Waals surface area contributed by atoms with Gasteiger partial charge in [0.2, 0.25) is 5.56 Å². The fourth-order valence-electron chi connectivity index (χ4n) is 2.19. The monoisotopic (exact) mass is 279 g/mol. The Morgan fingerprint density at radius 1 is 1.14 bits per heavy atom. The molecular formula is C16H13N3O2. The van der Waals surface area contributed by atoms with E-state index in [2.05, 4.69) is 15.3 Å². The minimum Gasteiger partial charge on any atom is -0.322 e. The van der Waals surface area contributed by atoms with Gasteiger partial charge in [0.15, 0.2) is 0 Å². The third-order valence-electron chi connectivity index (χ3n) is 3.13. The number of aromatic amines is 1. The molecular weight excluding hydrogens is 266 g/mol. The SMILES string of the molecule is Cc1cccc(NC(=O)c2cc(=O)[nH]c3ccccc23)n1. The highest BCUT2D eigenvalue weighted by molar-refractivity contribution is 6.11. The van der Waals surface area contributed by atoms with Gasteiger partial charge in [-0.25, -0.2) is 4.98 Å². The van der Waals surface area contributed by atoms with Crippen LogP contribution >= 0.6 is 0 Å². The molecule has 0 aliphatic carbocycles. The van der Waals surface area contributed by atoms with Crippen molar-refractivity contribution in [2.45, 2.75) is 6.92 Å². The van der Waals surface area contributed by atoms with Crippen LogP contribution in [-0.4, -0.2) is 15.9 Å². The number of aryl methyl sites for hydroxylation is 1. The molecule has 2 heterocycles. The smallest absolute Gasteiger partial charge is 0.257 e. The van der Waals surface area contributed by atoms with Gasteiger partial charge in [-0.2, -0.15) is 0 Å². The Morgan fingerprint density at radius 2 is 1.95 bits per heavy atom. The molecule has 104 valence electrons. The summed E-state index contributed by atoms with van der Waals surface area (Å²) >= 11 is 0. The Morgan fingerprint density at radius 3 is 2.76 bits per heavy atom. The van der Waals surface area contributed by atoms with E-state index in [1.165, 1.54) is 6.07 Å². The van der Waals surface area contributed by atoms with Crippen LogP contribution in [0.1, 0.15) is 16.1 Å². The molecule has 0 bridgehead atoms. The molecule has 1 aromatic carbocycles. The number of hydrogen-bond donors (Lipinski definition) is 2. The van der Waals surface area contributed by atoms with E-state index in [0.717, 1.165) is 5.69 Å². The fraction of sp³-hybridized carbons (Fsp3) is 0.0625. The van der Waals surface area contributed by atoms with Crippen LogP contribution in [0, 0.1) is 6.92 Å². The Kier molecular flexibility index (Phi) is 3.23. The number of pyridine rings is 2. The second-order valence-electron chi connectivity index (χ2n) is 4.71. The quantitative estimate of drug-likeness (QED) is 0.756. The van der Waals surface area contributed by atoms with Crippen molar-refractivity contribution in [1.29, 1.82) is 0 Å². The summed E-state index contributed by atoms with van der Waals surface area (Å²) in [5.41, 5.74) is 1.46. The van der Waals surface area contributed by atoms with Gasteiger partial charge in [-0.1, -0.05) is 24.3 Å². The first kappa shape index (κ1) is 13.1. The molecule has 0 saturated carbocycles. The predicted molar refractivity (Wildman–Crippen MR) is 81.5 cm³/mol. The number of hydrogen-bond acceptors (Lipinski definition) is 3. The Labute approximate surface area is 120 Å². The van der Waals surface area contributed by atoms with E-state index in [0.29, 0.717) is 22.3 Å². The topological polar surface area (TPSA) is 74.8 Å². The van der Waals surface area contributed by atoms with Gasteiger partial charge in [-0.05, 0) is 25.1 Å². The average molecular weight is 279 g/mol. The summed E-state index contributed by atoms with van der Waals surface area (Å²) in [6.07, 6.45) is 0. The van der Waals surface area contributed by atoms with Crippen LogP contribution in [0.15, 0.2) is 53.3 Å². The van der Waals surface area contributed by atoms with Crippen molar-refractivity contribution in [2.24, 2.45) is 0 Å². The Hall–Kier alpha value is -2.95. The molecule has 5 nitrogen and oxygen atoms in total. The molecule has 0 aliphatic rings. The van der Waals surface area contributed by atoms with Crippen LogP contribution in [0.25, 0.3) is 10.9 Å². The lowest BCUT2D eigenvalue weighted by Crippen LogP contribution is -2.17. The van der Waals surface area contributed by atoms with E-state index >= 15 is 0 Å². The average Bonchev–Trinajstić information content (AvgIpc) is 2.46. The predicted octanol–water partition coefficient (Wildman–Crippen LogP) is 2.48. The first-order valence-electron chi connectivity index (χ1n) is 6.50. The third-order valence-corrected chi connectivity index (χ3v) is 3.13. The van der Waals surface area contributed by atoms with Crippen molar-refractivity contribution in [3.63, 3.8) is 0 Å². The molecule has 0 aliphatic heterocycles. The zero-order valence-electron chi connectivity index (χ0n) is 11.4. The van der Waals surface area contributed by atoms with Gasteiger partial charge >= 0.3 is 0 Å². The number of amides is 1. The van der Waals surface area contributed by atoms with E-state index < -0.39 is 0 Å². The van der Waals surface area contributed by atoms with Gasteiger partial charge in [-0.15, -0.1) is 0 Å². The molecule has 0 radical (unpaired) electrons. The normalized spacial score (nSPS) is 10.5. The molecule has 3 rings (SSSR count). The molecule has 0 fully saturated rings. The van der Waals surface area contributed by atoms with Crippen molar-refractivity contribution < 1.29 is 4.79 Å². The summed E-state index contributed by atoms with van der Waals surface area (Å²) in [7, 11) is 0. The number of carbonyl (C=O) groups is 1. The fourth-order valence-corrected chi connectivity index (χ4v) is 2.19. The number of nitrogens with zero attached hydrogens (tertiary/aromatic N) is 1. The van der Waals surface area contributed by atoms with Gasteiger partial charge in [0, 0.05) is 22.7 Å². The van der Waals surface area contributed by atoms with Crippen LogP contribution in [0.2, 0.25) is 0 Å². The van der Waals surface area contributed by atoms with E-state index in [4.69, 9.17) is 0 Å². The number of fused-ring (bicyclic) bond motifs is 1. The largest absolute Gasteiger partial charge is 0.322 e. The number of benzene rings is 1. The summed E-state index contributed by atoms with van der Waals surface area (Å²) in [4.78, 5) is 31.0. The van der Waals surface area contributed by atoms with Gasteiger partial charge in [-0.3, -0.25) is 9.59 Å². The number of para-hydroxylation sites is 1. The number of anilines is 1. The minimum atomic E-state index is -0.351. The number of rotatable bonds is 2. The highest BCUT2D eigenvalue weighted by atomic mass is 16.2. The maximum absolute atomic E-state index is 12.4. The van der Waals surface area contributed by atoms with Crippen LogP contribution < -0.4 is 10.9 Å². The van der Waals surface area contributed by atoms with Crippen molar-refractivity contribution in [2.75, 3.05) is 5.32 Å². The number of carbonyl (C=O) groups excluding carboxylic acids is 1. The number of aromatic nitrogens is 2. The molecule has 0 saturated heterocycles. The second-order valence-corrected chi connectivity index (χ2v) is 4.71. The van der Waals surface area contributed by atoms with Crippen LogP contribution in [-0.2, 0) is 0 Å². The lowest BCUT2D eigenvalue weighted by molar-refractivity contribution is 0.102. The van der Waals surface area contributed by atoms with Gasteiger partial charge in [0.05, 0.1) is 5.56 Å². The van der Waals surface area contributed by atoms with E-state index in [1.54, 1.807) is 18.2 Å². The molecule has 21 heavy (non-hydrogen) atoms. The summed E-state index contributed by atoms with van der Waals surface area (Å²) < 4.78 is 0. The lowest BCUT2D eigenvalue weighted by Gasteiger charge is -2.07. The Balaban J connectivity index is 2.04. The van der Waals surface area contributed by atoms with E-state index in [9.17, 15) is 9.59 Å². The first-order valence-corrected chi connectivity index (χ1v) is 6.50. The highest BCUT2D eigenvalue weighted by Gasteiger charge is 2.12. The standard InChI is InChI=1S/C16H13N3O2/c1-10-5-4-8-14(17-10)19-16(21)12-9-15(20)18-13-7-3-2-6-11(12)13/h2-9H,1H3,(H,18,20)(H,17,19,21). The third kappa shape index (κ3) is 2.67. The van der Waals surface area contributed by atoms with Gasteiger partial charge in [0.1, 0.15) is 5.82 Å². The van der Waals surface area contributed by atoms with Crippen LogP contribution in [0.5, 0.6) is 0 Å². The maximum atomic E-state index is 12.4. The second kappa shape index (κ2) is 5.20. The highest BCUT2D eigenvalue weighted by Crippen LogP contribution is 2.16. The number of nitrogens with one attached hydrogen (secondary N) is 2. The van der Waals surface area contributed by atoms with E-state index in [1.807, 2.05) is 31.2 Å². The molecule has 0 unspecified atom stereocenters. The zero-order valence-corrected chi connectivity index (χ0v) is 11.4. The molecule has 5 heteroatoms. The summed E-state index contributed by atoms with van der Waals surface area (Å²) in [6, 6.07) is 13.9. The van der Waals surface area contributed by atoms with Crippen molar-refractivity contribution >= 4 is 22.6 Å². The van der Waals surface area contributed by atoms with Crippen LogP contribution in [0.3, 0.4) is 0 Å². The van der Waals surface area contributed by atoms with Gasteiger partial charge < -0.3 is 10.3 Å². The Bertz CT molecular complexity index is 884. The molecule has 2 N–H and O–H groups in total. The van der Waals surface area contributed by atoms with Crippen molar-refractivity contribution in [3.05, 3.63) is 70.1 Å². The van der Waals surface area contributed by atoms with E-state index in [-0.39, 0.29) is 11.5 Å². The summed E-state index contributed by atoms with van der Waals surface area (Å²) in [6.45, 7) is 1.85. The lowest BCUT2D eigenvalue weighted by atomic mass is 10.1. The number of H-pyrrole nitrogens is 1. The molecule has 0 atom stereocenters. The van der Waals surface area contributed by atoms with Crippen molar-refractivity contribution in [1.82, 2.24) is 9.97 Å². The molecule has 1 amide bonds. The zero-order chi connectivity index (χ0) is 14.8. The summed E-state index contributed by atoms with van der Waals surface area (Å²) in [5.74, 6) is 0.111. The molecule has 0 spiro atoms. The maximum Gasteiger partial charge on any atom is 0.257 e. The summed E-state index contributed by atoms with van der Waals surface area (Å²) in [5, 5.41) is 3.41. The van der Waals surface area contributed by atoms with Gasteiger partial charge in [0.25, 0.3) is 5.91 Å².